The van der Waals surface area contributed by atoms with E-state index in [0.29, 0.717) is 6.04 Å². The second-order valence-corrected chi connectivity index (χ2v) is 7.14. The van der Waals surface area contributed by atoms with E-state index >= 15 is 0 Å². The van der Waals surface area contributed by atoms with Crippen molar-refractivity contribution in [3.05, 3.63) is 22.7 Å². The number of nitrogens with zero attached hydrogens (tertiary/aromatic N) is 3. The Balaban J connectivity index is 1.49. The summed E-state index contributed by atoms with van der Waals surface area (Å²) in [7, 11) is 0. The first kappa shape index (κ1) is 13.8. The van der Waals surface area contributed by atoms with Crippen molar-refractivity contribution in [3.8, 4) is 0 Å². The normalized spacial score (nSPS) is 21.0. The fourth-order valence-electron chi connectivity index (χ4n) is 3.01. The third-order valence-corrected chi connectivity index (χ3v) is 5.92. The van der Waals surface area contributed by atoms with Crippen molar-refractivity contribution in [2.24, 2.45) is 0 Å². The number of morpholine rings is 1. The molecular weight excluding hydrogens is 306 g/mol. The van der Waals surface area contributed by atoms with Crippen molar-refractivity contribution in [1.82, 2.24) is 9.88 Å². The number of fused-ring (bicyclic) bond motifs is 1. The molecule has 2 aromatic rings. The van der Waals surface area contributed by atoms with E-state index in [1.165, 1.54) is 4.70 Å². The smallest absolute Gasteiger partial charge is 0.186 e. The Kier molecular flexibility index (Phi) is 3.53. The molecule has 0 saturated carbocycles. The van der Waals surface area contributed by atoms with Gasteiger partial charge < -0.3 is 9.64 Å². The van der Waals surface area contributed by atoms with E-state index in [4.69, 9.17) is 21.3 Å². The van der Waals surface area contributed by atoms with Gasteiger partial charge in [0.05, 0.1) is 23.4 Å². The highest BCUT2D eigenvalue weighted by molar-refractivity contribution is 7.22. The summed E-state index contributed by atoms with van der Waals surface area (Å²) in [5.41, 5.74) is 2.14. The maximum absolute atomic E-state index is 6.18. The van der Waals surface area contributed by atoms with Crippen LogP contribution in [-0.2, 0) is 4.74 Å². The van der Waals surface area contributed by atoms with Crippen LogP contribution in [0.1, 0.15) is 5.56 Å². The fourth-order valence-corrected chi connectivity index (χ4v) is 4.20. The molecule has 0 unspecified atom stereocenters. The lowest BCUT2D eigenvalue weighted by atomic mass is 10.1. The van der Waals surface area contributed by atoms with Crippen LogP contribution in [0.3, 0.4) is 0 Å². The van der Waals surface area contributed by atoms with Gasteiger partial charge in [-0.25, -0.2) is 4.98 Å². The molecule has 2 aliphatic rings. The van der Waals surface area contributed by atoms with Crippen LogP contribution in [0.5, 0.6) is 0 Å². The lowest BCUT2D eigenvalue weighted by Crippen LogP contribution is -2.61. The largest absolute Gasteiger partial charge is 0.379 e. The van der Waals surface area contributed by atoms with Crippen molar-refractivity contribution < 1.29 is 4.74 Å². The lowest BCUT2D eigenvalue weighted by molar-refractivity contribution is 0.0105. The molecule has 4 nitrogen and oxygen atoms in total. The highest BCUT2D eigenvalue weighted by Gasteiger charge is 2.34. The zero-order valence-electron chi connectivity index (χ0n) is 12.0. The highest BCUT2D eigenvalue weighted by atomic mass is 35.5. The van der Waals surface area contributed by atoms with Gasteiger partial charge in [0.25, 0.3) is 0 Å². The first-order valence-electron chi connectivity index (χ1n) is 7.35. The number of hydrogen-bond acceptors (Lipinski definition) is 5. The van der Waals surface area contributed by atoms with Gasteiger partial charge in [-0.1, -0.05) is 22.9 Å². The van der Waals surface area contributed by atoms with Crippen LogP contribution in [0.2, 0.25) is 5.02 Å². The number of rotatable bonds is 2. The van der Waals surface area contributed by atoms with E-state index in [1.54, 1.807) is 11.3 Å². The summed E-state index contributed by atoms with van der Waals surface area (Å²) in [6.45, 7) is 8.06. The van der Waals surface area contributed by atoms with Gasteiger partial charge in [0.2, 0.25) is 0 Å². The van der Waals surface area contributed by atoms with E-state index in [9.17, 15) is 0 Å². The summed E-state index contributed by atoms with van der Waals surface area (Å²) in [4.78, 5) is 9.70. The Morgan fingerprint density at radius 2 is 2.05 bits per heavy atom. The van der Waals surface area contributed by atoms with Crippen LogP contribution in [-0.4, -0.2) is 55.3 Å². The molecule has 21 heavy (non-hydrogen) atoms. The van der Waals surface area contributed by atoms with Gasteiger partial charge in [-0.3, -0.25) is 4.90 Å². The minimum atomic E-state index is 0.658. The Hall–Kier alpha value is -0.880. The van der Waals surface area contributed by atoms with Crippen molar-refractivity contribution >= 4 is 38.3 Å². The molecule has 0 radical (unpaired) electrons. The average Bonchev–Trinajstić information content (AvgIpc) is 2.87. The molecule has 0 bridgehead atoms. The van der Waals surface area contributed by atoms with E-state index in [2.05, 4.69) is 15.9 Å². The molecule has 112 valence electrons. The predicted octanol–water partition coefficient (Wildman–Crippen LogP) is 2.78. The van der Waals surface area contributed by atoms with Gasteiger partial charge in [0.1, 0.15) is 0 Å². The van der Waals surface area contributed by atoms with Crippen molar-refractivity contribution in [3.63, 3.8) is 0 Å². The molecule has 2 saturated heterocycles. The fraction of sp³-hybridized carbons (Fsp3) is 0.533. The van der Waals surface area contributed by atoms with Crippen molar-refractivity contribution in [1.29, 1.82) is 0 Å². The highest BCUT2D eigenvalue weighted by Crippen LogP contribution is 2.35. The predicted molar refractivity (Wildman–Crippen MR) is 87.8 cm³/mol. The second kappa shape index (κ2) is 5.39. The summed E-state index contributed by atoms with van der Waals surface area (Å²) >= 11 is 7.95. The molecule has 4 rings (SSSR count). The molecular formula is C15H18ClN3OS. The standard InChI is InChI=1S/C15H18ClN3OS/c1-10-12(16)2-3-13-14(10)17-15(21-13)19-8-11(9-19)18-4-6-20-7-5-18/h2-3,11H,4-9H2,1H3. The van der Waals surface area contributed by atoms with E-state index < -0.39 is 0 Å². The number of halogens is 1. The summed E-state index contributed by atoms with van der Waals surface area (Å²) < 4.78 is 6.64. The summed E-state index contributed by atoms with van der Waals surface area (Å²) in [5, 5.41) is 1.93. The molecule has 1 aromatic carbocycles. The molecule has 0 N–H and O–H groups in total. The van der Waals surface area contributed by atoms with Gasteiger partial charge in [0, 0.05) is 37.2 Å². The maximum Gasteiger partial charge on any atom is 0.186 e. The molecule has 0 amide bonds. The third kappa shape index (κ3) is 2.42. The number of benzene rings is 1. The molecule has 6 heteroatoms. The molecule has 0 spiro atoms. The van der Waals surface area contributed by atoms with Crippen LogP contribution < -0.4 is 4.90 Å². The first-order valence-corrected chi connectivity index (χ1v) is 8.54. The van der Waals surface area contributed by atoms with Crippen LogP contribution in [0.15, 0.2) is 12.1 Å². The summed E-state index contributed by atoms with van der Waals surface area (Å²) in [6.07, 6.45) is 0. The van der Waals surface area contributed by atoms with E-state index in [1.807, 2.05) is 13.0 Å². The number of hydrogen-bond donors (Lipinski definition) is 0. The maximum atomic E-state index is 6.18. The molecule has 0 atom stereocenters. The molecule has 2 aliphatic heterocycles. The van der Waals surface area contributed by atoms with Crippen molar-refractivity contribution in [2.75, 3.05) is 44.3 Å². The number of anilines is 1. The minimum Gasteiger partial charge on any atom is -0.379 e. The zero-order chi connectivity index (χ0) is 14.4. The van der Waals surface area contributed by atoms with E-state index in [0.717, 1.165) is 60.6 Å². The van der Waals surface area contributed by atoms with Crippen LogP contribution >= 0.6 is 22.9 Å². The van der Waals surface area contributed by atoms with Gasteiger partial charge in [-0.05, 0) is 24.6 Å². The molecule has 0 aliphatic carbocycles. The summed E-state index contributed by atoms with van der Waals surface area (Å²) in [6, 6.07) is 4.70. The van der Waals surface area contributed by atoms with Gasteiger partial charge in [0.15, 0.2) is 5.13 Å². The Labute approximate surface area is 133 Å². The monoisotopic (exact) mass is 323 g/mol. The number of ether oxygens (including phenoxy) is 1. The topological polar surface area (TPSA) is 28.6 Å². The number of aryl methyl sites for hydroxylation is 1. The van der Waals surface area contributed by atoms with Crippen molar-refractivity contribution in [2.45, 2.75) is 13.0 Å². The van der Waals surface area contributed by atoms with Crippen LogP contribution in [0.25, 0.3) is 10.2 Å². The average molecular weight is 324 g/mol. The molecule has 3 heterocycles. The third-order valence-electron chi connectivity index (χ3n) is 4.43. The van der Waals surface area contributed by atoms with Crippen LogP contribution in [0, 0.1) is 6.92 Å². The van der Waals surface area contributed by atoms with Gasteiger partial charge >= 0.3 is 0 Å². The van der Waals surface area contributed by atoms with Gasteiger partial charge in [-0.15, -0.1) is 0 Å². The lowest BCUT2D eigenvalue weighted by Gasteiger charge is -2.46. The quantitative estimate of drug-likeness (QED) is 0.849. The molecule has 2 fully saturated rings. The SMILES string of the molecule is Cc1c(Cl)ccc2sc(N3CC(N4CCOCC4)C3)nc12. The number of aromatic nitrogens is 1. The zero-order valence-corrected chi connectivity index (χ0v) is 13.6. The van der Waals surface area contributed by atoms with Crippen LogP contribution in [0.4, 0.5) is 5.13 Å². The second-order valence-electron chi connectivity index (χ2n) is 5.72. The first-order chi connectivity index (χ1) is 10.2. The van der Waals surface area contributed by atoms with E-state index in [-0.39, 0.29) is 0 Å². The number of thiazole rings is 1. The van der Waals surface area contributed by atoms with Gasteiger partial charge in [-0.2, -0.15) is 0 Å². The summed E-state index contributed by atoms with van der Waals surface area (Å²) in [5.74, 6) is 0. The Bertz CT molecular complexity index is 662. The Morgan fingerprint density at radius 3 is 2.81 bits per heavy atom. The molecule has 1 aromatic heterocycles. The minimum absolute atomic E-state index is 0.658. The Morgan fingerprint density at radius 1 is 1.29 bits per heavy atom.